The standard InChI is InChI=1S/BClH2.ClH.Li/c1-2;;/h1H2;1H;/q;;+1/p-1. The Morgan fingerprint density at radius 1 is 1.25 bits per heavy atom. The molecule has 20 valence electrons. The van der Waals surface area contributed by atoms with Crippen molar-refractivity contribution in [2.45, 2.75) is 0 Å². The van der Waals surface area contributed by atoms with Gasteiger partial charge in [-0.1, -0.05) is 0 Å². The molecule has 0 unspecified atom stereocenters. The van der Waals surface area contributed by atoms with Crippen LogP contribution < -0.4 is 0 Å². The van der Waals surface area contributed by atoms with Gasteiger partial charge in [0.25, 0.3) is 0 Å². The summed E-state index contributed by atoms with van der Waals surface area (Å²) in [5.74, 6) is 0. The predicted molar refractivity (Wildman–Crippen MR) is 26.0 cm³/mol. The van der Waals surface area contributed by atoms with E-state index < -0.39 is 0 Å². The van der Waals surface area contributed by atoms with Crippen LogP contribution >= 0.6 is 21.3 Å². The van der Waals surface area contributed by atoms with Crippen LogP contribution in [0.1, 0.15) is 0 Å². The van der Waals surface area contributed by atoms with E-state index in [1.54, 1.807) is 0 Å². The molecule has 0 atom stereocenters. The first kappa shape index (κ1) is 8.97. The molecule has 0 aliphatic carbocycles. The topological polar surface area (TPSA) is 0 Å². The Bertz CT molecular complexity index is 6.00. The summed E-state index contributed by atoms with van der Waals surface area (Å²) in [5, 5.41) is 0. The fourth-order valence-corrected chi connectivity index (χ4v) is 0. The summed E-state index contributed by atoms with van der Waals surface area (Å²) in [7, 11) is 6.11. The monoisotopic (exact) mass is 90.0 g/mol. The van der Waals surface area contributed by atoms with Crippen molar-refractivity contribution < 1.29 is 0 Å². The zero-order valence-corrected chi connectivity index (χ0v) is 4.27. The summed E-state index contributed by atoms with van der Waals surface area (Å²) >= 11 is 6.11. The van der Waals surface area contributed by atoms with Crippen LogP contribution in [-0.4, -0.2) is 24.0 Å². The van der Waals surface area contributed by atoms with Gasteiger partial charge < -0.3 is 0 Å². The van der Waals surface area contributed by atoms with E-state index in [1.165, 1.54) is 24.0 Å². The van der Waals surface area contributed by atoms with Gasteiger partial charge in [-0.2, -0.15) is 0 Å². The summed E-state index contributed by atoms with van der Waals surface area (Å²) in [6.07, 6.45) is 0. The maximum absolute atomic E-state index is 4.64. The number of hydrogen-bond donors (Lipinski definition) is 0. The third kappa shape index (κ3) is 10.6. The Balaban J connectivity index is 0. The molecular weight excluding hydrogens is 88.7 g/mol. The summed E-state index contributed by atoms with van der Waals surface area (Å²) in [5.41, 5.74) is 0. The summed E-state index contributed by atoms with van der Waals surface area (Å²) < 4.78 is 0. The summed E-state index contributed by atoms with van der Waals surface area (Å²) in [6.45, 7) is 0. The predicted octanol–water partition coefficient (Wildman–Crippen LogP) is 0.0820. The van der Waals surface area contributed by atoms with Gasteiger partial charge >= 0.3 is 26.5 Å². The number of hydrogen-bond acceptors (Lipinski definition) is 0. The van der Waals surface area contributed by atoms with E-state index in [0.29, 0.717) is 0 Å². The Labute approximate surface area is 45.5 Å². The molecule has 0 radical (unpaired) electrons. The third-order valence-electron chi connectivity index (χ3n) is 0. The molecule has 0 fully saturated rings. The molecule has 0 amide bonds. The van der Waals surface area contributed by atoms with Crippen LogP contribution in [0.15, 0.2) is 0 Å². The molecule has 0 aliphatic heterocycles. The van der Waals surface area contributed by atoms with Crippen molar-refractivity contribution in [3.05, 3.63) is 0 Å². The molecule has 0 spiro atoms. The van der Waals surface area contributed by atoms with Gasteiger partial charge in [-0.3, -0.25) is 0 Å². The minimum absolute atomic E-state index is 1.47. The van der Waals surface area contributed by atoms with Gasteiger partial charge in [-0.25, -0.2) is 11.5 Å². The van der Waals surface area contributed by atoms with Crippen molar-refractivity contribution in [1.29, 1.82) is 0 Å². The van der Waals surface area contributed by atoms with Crippen molar-refractivity contribution in [1.82, 2.24) is 0 Å². The van der Waals surface area contributed by atoms with E-state index in [4.69, 9.17) is 0 Å². The fourth-order valence-electron chi connectivity index (χ4n) is 0. The molecule has 0 aromatic heterocycles. The van der Waals surface area contributed by atoms with E-state index in [-0.39, 0.29) is 0 Å². The van der Waals surface area contributed by atoms with E-state index in [0.717, 1.165) is 0 Å². The van der Waals surface area contributed by atoms with Gasteiger partial charge in [-0.05, 0) is 0 Å². The van der Waals surface area contributed by atoms with Gasteiger partial charge in [0, 0.05) is 0 Å². The molecule has 0 saturated heterocycles. The number of rotatable bonds is 0. The molecule has 0 bridgehead atoms. The Hall–Kier alpha value is 1.24. The molecule has 0 aliphatic rings. The van der Waals surface area contributed by atoms with Crippen molar-refractivity contribution in [2.75, 3.05) is 0 Å². The molecule has 0 saturated carbocycles. The first-order chi connectivity index (χ1) is 2.00. The molecule has 0 nitrogen and oxygen atoms in total. The van der Waals surface area contributed by atoms with Crippen molar-refractivity contribution >= 4 is 45.3 Å². The van der Waals surface area contributed by atoms with Gasteiger partial charge in [0.05, 0.1) is 0 Å². The van der Waals surface area contributed by atoms with Crippen molar-refractivity contribution in [2.24, 2.45) is 0 Å². The normalized spacial score (nSPS) is 3.00. The SMILES string of the molecule is BCl.[Li][Cl]. The quantitative estimate of drug-likeness (QED) is 0.370. The van der Waals surface area contributed by atoms with Crippen LogP contribution in [0.4, 0.5) is 0 Å². The second-order valence-corrected chi connectivity index (χ2v) is 0. The zero-order valence-electron chi connectivity index (χ0n) is 2.76. The van der Waals surface area contributed by atoms with Crippen LogP contribution in [0, 0.1) is 0 Å². The average Bonchev–Trinajstić information content (AvgIpc) is 1.50. The van der Waals surface area contributed by atoms with Gasteiger partial charge in [0.2, 0.25) is 7.26 Å². The van der Waals surface area contributed by atoms with E-state index >= 15 is 0 Å². The molecule has 0 aromatic rings. The molecule has 0 aromatic carbocycles. The van der Waals surface area contributed by atoms with Crippen molar-refractivity contribution in [3.8, 4) is 0 Å². The van der Waals surface area contributed by atoms with E-state index in [1.807, 2.05) is 0 Å². The first-order valence-electron chi connectivity index (χ1n) is 0.756. The summed E-state index contributed by atoms with van der Waals surface area (Å²) in [6, 6.07) is 0. The number of halogens is 2. The zero-order chi connectivity index (χ0) is 4.00. The average molecular weight is 90.7 g/mol. The molecule has 0 rings (SSSR count). The van der Waals surface area contributed by atoms with Gasteiger partial charge in [0.1, 0.15) is 0 Å². The third-order valence-corrected chi connectivity index (χ3v) is 0. The molecule has 4 heteroatoms. The Kier molecular flexibility index (Phi) is 64.8. The minimum atomic E-state index is 1.47. The Morgan fingerprint density at radius 3 is 1.25 bits per heavy atom. The second kappa shape index (κ2) is 28.9. The van der Waals surface area contributed by atoms with Crippen LogP contribution in [0.25, 0.3) is 0 Å². The maximum atomic E-state index is 4.64. The summed E-state index contributed by atoms with van der Waals surface area (Å²) in [4.78, 5) is 0. The Morgan fingerprint density at radius 2 is 1.25 bits per heavy atom. The molecule has 4 heavy (non-hydrogen) atoms. The van der Waals surface area contributed by atoms with Crippen molar-refractivity contribution in [3.63, 3.8) is 0 Å². The van der Waals surface area contributed by atoms with Crippen LogP contribution in [-0.2, 0) is 0 Å². The van der Waals surface area contributed by atoms with Crippen LogP contribution in [0.2, 0.25) is 0 Å². The molecule has 0 heterocycles. The first-order valence-corrected chi connectivity index (χ1v) is 2.27. The van der Waals surface area contributed by atoms with Crippen LogP contribution in [0.3, 0.4) is 0 Å². The van der Waals surface area contributed by atoms with E-state index in [2.05, 4.69) is 21.3 Å². The second-order valence-electron chi connectivity index (χ2n) is 0. The molecular formula is H2BCl2Li. The molecule has 0 N–H and O–H groups in total. The van der Waals surface area contributed by atoms with E-state index in [9.17, 15) is 0 Å². The van der Waals surface area contributed by atoms with Crippen LogP contribution in [0.5, 0.6) is 0 Å². The van der Waals surface area contributed by atoms with Gasteiger partial charge in [0.15, 0.2) is 0 Å². The van der Waals surface area contributed by atoms with Gasteiger partial charge in [-0.15, -0.1) is 0 Å². The fraction of sp³-hybridized carbons (Fsp3) is 0.